The maximum absolute atomic E-state index is 12.5. The van der Waals surface area contributed by atoms with Gasteiger partial charge in [0.05, 0.1) is 17.7 Å². The molecule has 2 fully saturated rings. The van der Waals surface area contributed by atoms with E-state index in [0.717, 1.165) is 6.42 Å². The molecule has 21 heavy (non-hydrogen) atoms. The highest BCUT2D eigenvalue weighted by Crippen LogP contribution is 2.44. The second-order valence-electron chi connectivity index (χ2n) is 5.48. The minimum absolute atomic E-state index is 0.0553. The van der Waals surface area contributed by atoms with E-state index < -0.39 is 10.0 Å². The molecule has 1 heterocycles. The highest BCUT2D eigenvalue weighted by Gasteiger charge is 2.55. The second-order valence-corrected chi connectivity index (χ2v) is 7.57. The summed E-state index contributed by atoms with van der Waals surface area (Å²) in [5.41, 5.74) is 0. The molecule has 116 valence electrons. The van der Waals surface area contributed by atoms with E-state index in [1.54, 1.807) is 25.3 Å². The number of nitrogens with one attached hydrogen (secondary N) is 1. The van der Waals surface area contributed by atoms with Crippen molar-refractivity contribution in [2.45, 2.75) is 23.5 Å². The largest absolute Gasteiger partial charge is 0.384 e. The van der Waals surface area contributed by atoms with Gasteiger partial charge in [-0.3, -0.25) is 0 Å². The lowest BCUT2D eigenvalue weighted by Gasteiger charge is -2.47. The van der Waals surface area contributed by atoms with Crippen LogP contribution in [-0.2, 0) is 19.5 Å². The minimum atomic E-state index is -3.63. The number of sulfonamides is 1. The Morgan fingerprint density at radius 1 is 1.43 bits per heavy atom. The predicted molar refractivity (Wildman–Crippen MR) is 78.8 cm³/mol. The Labute approximate surface area is 129 Å². The fraction of sp³-hybridized carbons (Fsp3) is 0.571. The zero-order chi connectivity index (χ0) is 15.0. The molecule has 1 saturated heterocycles. The lowest BCUT2D eigenvalue weighted by Crippen LogP contribution is -2.62. The van der Waals surface area contributed by atoms with Gasteiger partial charge in [-0.2, -0.15) is 0 Å². The predicted octanol–water partition coefficient (Wildman–Crippen LogP) is 1.67. The van der Waals surface area contributed by atoms with Crippen LogP contribution in [0.2, 0.25) is 5.02 Å². The molecule has 3 rings (SSSR count). The van der Waals surface area contributed by atoms with Crippen molar-refractivity contribution in [3.05, 3.63) is 29.3 Å². The van der Waals surface area contributed by atoms with Crippen LogP contribution in [0.5, 0.6) is 0 Å². The molecule has 0 bridgehead atoms. The Kier molecular flexibility index (Phi) is 4.25. The molecule has 1 saturated carbocycles. The van der Waals surface area contributed by atoms with Crippen molar-refractivity contribution in [2.24, 2.45) is 11.8 Å². The molecule has 1 aliphatic carbocycles. The maximum atomic E-state index is 12.5. The number of benzene rings is 1. The third-order valence-corrected chi connectivity index (χ3v) is 6.26. The molecular formula is C14H18ClNO4S. The molecule has 1 aliphatic heterocycles. The highest BCUT2D eigenvalue weighted by atomic mass is 35.5. The second kappa shape index (κ2) is 5.85. The van der Waals surface area contributed by atoms with Crippen LogP contribution in [0.3, 0.4) is 0 Å². The fourth-order valence-electron chi connectivity index (χ4n) is 3.30. The molecule has 0 spiro atoms. The SMILES string of the molecule is COC[C@@H]1[C@H](NS(=O)(=O)c2ccccc2Cl)[C@@H]2CCO[C@H]12. The van der Waals surface area contributed by atoms with E-state index in [1.807, 2.05) is 0 Å². The Morgan fingerprint density at radius 2 is 2.19 bits per heavy atom. The van der Waals surface area contributed by atoms with Gasteiger partial charge in [-0.25, -0.2) is 13.1 Å². The van der Waals surface area contributed by atoms with Crippen LogP contribution in [0.25, 0.3) is 0 Å². The first kappa shape index (κ1) is 15.2. The average Bonchev–Trinajstić information content (AvgIpc) is 2.87. The Balaban J connectivity index is 1.80. The normalized spacial score (nSPS) is 31.7. The van der Waals surface area contributed by atoms with Crippen LogP contribution in [0.4, 0.5) is 0 Å². The van der Waals surface area contributed by atoms with Crippen LogP contribution in [0, 0.1) is 11.8 Å². The summed E-state index contributed by atoms with van der Waals surface area (Å²) in [6, 6.07) is 6.30. The maximum Gasteiger partial charge on any atom is 0.242 e. The van der Waals surface area contributed by atoms with Crippen molar-refractivity contribution in [3.8, 4) is 0 Å². The smallest absolute Gasteiger partial charge is 0.242 e. The Morgan fingerprint density at radius 3 is 2.90 bits per heavy atom. The van der Waals surface area contributed by atoms with Gasteiger partial charge in [0.1, 0.15) is 4.90 Å². The Bertz CT molecular complexity index is 621. The van der Waals surface area contributed by atoms with E-state index in [4.69, 9.17) is 21.1 Å². The van der Waals surface area contributed by atoms with Gasteiger partial charge in [-0.05, 0) is 18.6 Å². The van der Waals surface area contributed by atoms with Crippen molar-refractivity contribution >= 4 is 21.6 Å². The molecule has 1 aromatic rings. The number of rotatable bonds is 5. The van der Waals surface area contributed by atoms with Crippen molar-refractivity contribution in [1.82, 2.24) is 4.72 Å². The standard InChI is InChI=1S/C14H18ClNO4S/c1-19-8-10-13(9-6-7-20-14(9)10)16-21(17,18)12-5-3-2-4-11(12)15/h2-5,9-10,13-14,16H,6-8H2,1H3/t9-,10+,13+,14-/m0/s1. The number of hydrogen-bond donors (Lipinski definition) is 1. The van der Waals surface area contributed by atoms with Crippen molar-refractivity contribution in [3.63, 3.8) is 0 Å². The van der Waals surface area contributed by atoms with Gasteiger partial charge < -0.3 is 9.47 Å². The van der Waals surface area contributed by atoms with Crippen LogP contribution < -0.4 is 4.72 Å². The zero-order valence-electron chi connectivity index (χ0n) is 11.7. The average molecular weight is 332 g/mol. The van der Waals surface area contributed by atoms with Crippen molar-refractivity contribution < 1.29 is 17.9 Å². The van der Waals surface area contributed by atoms with Crippen LogP contribution in [0.1, 0.15) is 6.42 Å². The van der Waals surface area contributed by atoms with Crippen LogP contribution >= 0.6 is 11.6 Å². The summed E-state index contributed by atoms with van der Waals surface area (Å²) in [5, 5.41) is 0.229. The molecule has 0 unspecified atom stereocenters. The lowest BCUT2D eigenvalue weighted by atomic mass is 9.68. The summed E-state index contributed by atoms with van der Waals surface area (Å²) >= 11 is 5.99. The van der Waals surface area contributed by atoms with Gasteiger partial charge in [0.15, 0.2) is 0 Å². The number of ether oxygens (including phenoxy) is 2. The molecule has 0 radical (unpaired) electrons. The van der Waals surface area contributed by atoms with Gasteiger partial charge in [0, 0.05) is 31.6 Å². The van der Waals surface area contributed by atoms with E-state index in [-0.39, 0.29) is 33.9 Å². The van der Waals surface area contributed by atoms with E-state index in [2.05, 4.69) is 4.72 Å². The number of fused-ring (bicyclic) bond motifs is 1. The van der Waals surface area contributed by atoms with Crippen molar-refractivity contribution in [1.29, 1.82) is 0 Å². The number of halogens is 1. The zero-order valence-corrected chi connectivity index (χ0v) is 13.2. The van der Waals surface area contributed by atoms with Gasteiger partial charge in [-0.15, -0.1) is 0 Å². The summed E-state index contributed by atoms with van der Waals surface area (Å²) < 4.78 is 38.7. The third kappa shape index (κ3) is 2.71. The molecule has 0 amide bonds. The minimum Gasteiger partial charge on any atom is -0.384 e. The molecule has 5 nitrogen and oxygen atoms in total. The van der Waals surface area contributed by atoms with E-state index in [9.17, 15) is 8.42 Å². The first-order valence-electron chi connectivity index (χ1n) is 6.92. The van der Waals surface area contributed by atoms with Gasteiger partial charge >= 0.3 is 0 Å². The van der Waals surface area contributed by atoms with Gasteiger partial charge in [0.2, 0.25) is 10.0 Å². The summed E-state index contributed by atoms with van der Waals surface area (Å²) in [4.78, 5) is 0.116. The van der Waals surface area contributed by atoms with Crippen LogP contribution in [-0.4, -0.2) is 40.9 Å². The van der Waals surface area contributed by atoms with E-state index >= 15 is 0 Å². The molecular weight excluding hydrogens is 314 g/mol. The van der Waals surface area contributed by atoms with Crippen molar-refractivity contribution in [2.75, 3.05) is 20.3 Å². The molecule has 4 atom stereocenters. The topological polar surface area (TPSA) is 64.6 Å². The summed E-state index contributed by atoms with van der Waals surface area (Å²) in [7, 11) is -2.02. The summed E-state index contributed by atoms with van der Waals surface area (Å²) in [5.74, 6) is 0.280. The molecule has 1 N–H and O–H groups in total. The summed E-state index contributed by atoms with van der Waals surface area (Å²) in [6.45, 7) is 1.16. The number of hydrogen-bond acceptors (Lipinski definition) is 4. The summed E-state index contributed by atoms with van der Waals surface area (Å²) in [6.07, 6.45) is 0.976. The highest BCUT2D eigenvalue weighted by molar-refractivity contribution is 7.89. The van der Waals surface area contributed by atoms with Crippen LogP contribution in [0.15, 0.2) is 29.2 Å². The molecule has 7 heteroatoms. The first-order chi connectivity index (χ1) is 10.0. The first-order valence-corrected chi connectivity index (χ1v) is 8.78. The molecule has 0 aromatic heterocycles. The van der Waals surface area contributed by atoms with E-state index in [1.165, 1.54) is 6.07 Å². The molecule has 1 aromatic carbocycles. The number of methoxy groups -OCH3 is 1. The van der Waals surface area contributed by atoms with Gasteiger partial charge in [-0.1, -0.05) is 23.7 Å². The fourth-order valence-corrected chi connectivity index (χ4v) is 5.16. The monoisotopic (exact) mass is 331 g/mol. The van der Waals surface area contributed by atoms with Gasteiger partial charge in [0.25, 0.3) is 0 Å². The Hall–Kier alpha value is -0.660. The van der Waals surface area contributed by atoms with E-state index in [0.29, 0.717) is 13.2 Å². The lowest BCUT2D eigenvalue weighted by molar-refractivity contribution is -0.0775. The molecule has 2 aliphatic rings. The quantitative estimate of drug-likeness (QED) is 0.891. The third-order valence-electron chi connectivity index (χ3n) is 4.30.